The summed E-state index contributed by atoms with van der Waals surface area (Å²) in [4.78, 5) is 12.3. The van der Waals surface area contributed by atoms with E-state index in [9.17, 15) is 22.0 Å². The number of sulfonamides is 1. The van der Waals surface area contributed by atoms with Gasteiger partial charge < -0.3 is 14.6 Å². The van der Waals surface area contributed by atoms with Gasteiger partial charge in [0.15, 0.2) is 11.6 Å². The highest BCUT2D eigenvalue weighted by Crippen LogP contribution is 2.18. The van der Waals surface area contributed by atoms with Crippen LogP contribution in [0, 0.1) is 11.6 Å². The predicted octanol–water partition coefficient (Wildman–Crippen LogP) is 1.62. The van der Waals surface area contributed by atoms with Gasteiger partial charge >= 0.3 is 0 Å². The summed E-state index contributed by atoms with van der Waals surface area (Å²) in [6, 6.07) is 3.85. The van der Waals surface area contributed by atoms with Crippen LogP contribution >= 0.6 is 0 Å². The fraction of sp³-hybridized carbons (Fsp3) is 0.312. The second kappa shape index (κ2) is 7.14. The van der Waals surface area contributed by atoms with Crippen LogP contribution in [0.4, 0.5) is 14.5 Å². The molecule has 1 aromatic heterocycles. The molecule has 0 saturated carbocycles. The normalized spacial score (nSPS) is 17.4. The first-order valence-electron chi connectivity index (χ1n) is 7.79. The van der Waals surface area contributed by atoms with E-state index in [1.807, 2.05) is 0 Å². The number of anilines is 1. The Hall–Kier alpha value is -2.30. The quantitative estimate of drug-likeness (QED) is 0.819. The molecule has 3 rings (SSSR count). The molecule has 1 aliphatic heterocycles. The number of aryl methyl sites for hydroxylation is 1. The number of carbonyl (C=O) groups excluding carboxylic acids is 1. The Bertz CT molecular complexity index is 937. The molecule has 7 nitrogen and oxygen atoms in total. The summed E-state index contributed by atoms with van der Waals surface area (Å²) in [6.07, 6.45) is 1.88. The zero-order valence-electron chi connectivity index (χ0n) is 13.8. The van der Waals surface area contributed by atoms with E-state index in [0.717, 1.165) is 12.1 Å². The van der Waals surface area contributed by atoms with Crippen molar-refractivity contribution in [2.45, 2.75) is 17.4 Å². The van der Waals surface area contributed by atoms with Gasteiger partial charge in [0.2, 0.25) is 10.0 Å². The first-order valence-corrected chi connectivity index (χ1v) is 9.27. The van der Waals surface area contributed by atoms with Crippen molar-refractivity contribution in [1.29, 1.82) is 0 Å². The zero-order chi connectivity index (χ0) is 18.9. The molecule has 0 radical (unpaired) electrons. The lowest BCUT2D eigenvalue weighted by molar-refractivity contribution is 0.101. The van der Waals surface area contributed by atoms with Gasteiger partial charge in [-0.3, -0.25) is 4.79 Å². The summed E-state index contributed by atoms with van der Waals surface area (Å²) in [5, 5.41) is 2.40. The summed E-state index contributed by atoms with van der Waals surface area (Å²) in [7, 11) is -2.29. The monoisotopic (exact) mass is 385 g/mol. The lowest BCUT2D eigenvalue weighted by atomic mass is 10.3. The molecule has 1 amide bonds. The van der Waals surface area contributed by atoms with E-state index in [1.165, 1.54) is 29.9 Å². The molecule has 2 N–H and O–H groups in total. The van der Waals surface area contributed by atoms with Crippen LogP contribution < -0.4 is 10.0 Å². The number of ether oxygens (including phenoxy) is 1. The van der Waals surface area contributed by atoms with Crippen LogP contribution in [0.1, 0.15) is 16.9 Å². The fourth-order valence-corrected chi connectivity index (χ4v) is 3.92. The largest absolute Gasteiger partial charge is 0.380 e. The van der Waals surface area contributed by atoms with E-state index in [2.05, 4.69) is 10.0 Å². The molecule has 0 bridgehead atoms. The minimum absolute atomic E-state index is 0.0535. The van der Waals surface area contributed by atoms with Gasteiger partial charge in [-0.1, -0.05) is 0 Å². The van der Waals surface area contributed by atoms with Gasteiger partial charge in [-0.15, -0.1) is 0 Å². The highest BCUT2D eigenvalue weighted by atomic mass is 32.2. The van der Waals surface area contributed by atoms with Gasteiger partial charge in [-0.25, -0.2) is 21.9 Å². The van der Waals surface area contributed by atoms with Crippen molar-refractivity contribution in [3.05, 3.63) is 47.8 Å². The number of hydrogen-bond acceptors (Lipinski definition) is 4. The second-order valence-corrected chi connectivity index (χ2v) is 7.65. The molecule has 2 aromatic rings. The van der Waals surface area contributed by atoms with Crippen molar-refractivity contribution < 1.29 is 26.7 Å². The van der Waals surface area contributed by atoms with Crippen LogP contribution in [-0.2, 0) is 21.8 Å². The third-order valence-electron chi connectivity index (χ3n) is 3.95. The minimum atomic E-state index is -3.80. The Morgan fingerprint density at radius 2 is 2.04 bits per heavy atom. The molecule has 10 heteroatoms. The third-order valence-corrected chi connectivity index (χ3v) is 5.44. The molecule has 0 aliphatic carbocycles. The first-order chi connectivity index (χ1) is 12.3. The first kappa shape index (κ1) is 18.5. The van der Waals surface area contributed by atoms with Crippen molar-refractivity contribution in [3.63, 3.8) is 0 Å². The lowest BCUT2D eigenvalue weighted by Crippen LogP contribution is -2.34. The summed E-state index contributed by atoms with van der Waals surface area (Å²) in [5.74, 6) is -2.78. The number of carbonyl (C=O) groups is 1. The van der Waals surface area contributed by atoms with Crippen molar-refractivity contribution in [1.82, 2.24) is 9.29 Å². The van der Waals surface area contributed by atoms with Gasteiger partial charge in [0.1, 0.15) is 10.6 Å². The zero-order valence-corrected chi connectivity index (χ0v) is 14.6. The number of aromatic nitrogens is 1. The van der Waals surface area contributed by atoms with Crippen LogP contribution in [0.5, 0.6) is 0 Å². The third kappa shape index (κ3) is 3.92. The second-order valence-electron chi connectivity index (χ2n) is 5.94. The summed E-state index contributed by atoms with van der Waals surface area (Å²) in [5.41, 5.74) is 0.110. The smallest absolute Gasteiger partial charge is 0.272 e. The van der Waals surface area contributed by atoms with Crippen molar-refractivity contribution in [2.75, 3.05) is 18.5 Å². The van der Waals surface area contributed by atoms with Gasteiger partial charge in [0.25, 0.3) is 5.91 Å². The van der Waals surface area contributed by atoms with Crippen LogP contribution in [-0.4, -0.2) is 38.1 Å². The van der Waals surface area contributed by atoms with Crippen LogP contribution in [0.25, 0.3) is 0 Å². The molecule has 1 fully saturated rings. The number of amides is 1. The van der Waals surface area contributed by atoms with Gasteiger partial charge in [0, 0.05) is 37.6 Å². The maximum Gasteiger partial charge on any atom is 0.272 e. The molecule has 26 heavy (non-hydrogen) atoms. The van der Waals surface area contributed by atoms with Crippen molar-refractivity contribution >= 4 is 21.6 Å². The van der Waals surface area contributed by atoms with Crippen LogP contribution in [0.15, 0.2) is 35.4 Å². The maximum absolute atomic E-state index is 13.2. The van der Waals surface area contributed by atoms with E-state index in [-0.39, 0.29) is 22.3 Å². The van der Waals surface area contributed by atoms with E-state index >= 15 is 0 Å². The molecule has 1 atom stereocenters. The Morgan fingerprint density at radius 1 is 1.27 bits per heavy atom. The molecule has 2 heterocycles. The predicted molar refractivity (Wildman–Crippen MR) is 89.3 cm³/mol. The number of halogens is 2. The Morgan fingerprint density at radius 3 is 2.69 bits per heavy atom. The molecule has 0 spiro atoms. The Kier molecular flexibility index (Phi) is 5.08. The van der Waals surface area contributed by atoms with Gasteiger partial charge in [-0.2, -0.15) is 0 Å². The number of rotatable bonds is 5. The van der Waals surface area contributed by atoms with Gasteiger partial charge in [-0.05, 0) is 24.6 Å². The summed E-state index contributed by atoms with van der Waals surface area (Å²) in [6.45, 7) is 0.791. The number of nitrogens with one attached hydrogen (secondary N) is 2. The van der Waals surface area contributed by atoms with Crippen LogP contribution in [0.2, 0.25) is 0 Å². The van der Waals surface area contributed by atoms with E-state index in [0.29, 0.717) is 19.6 Å². The highest BCUT2D eigenvalue weighted by molar-refractivity contribution is 7.89. The molecule has 1 unspecified atom stereocenters. The number of hydrogen-bond donors (Lipinski definition) is 2. The minimum Gasteiger partial charge on any atom is -0.380 e. The highest BCUT2D eigenvalue weighted by Gasteiger charge is 2.26. The summed E-state index contributed by atoms with van der Waals surface area (Å²) < 4.78 is 60.0. The average Bonchev–Trinajstić information content (AvgIpc) is 3.20. The van der Waals surface area contributed by atoms with E-state index in [1.54, 1.807) is 0 Å². The summed E-state index contributed by atoms with van der Waals surface area (Å²) >= 11 is 0. The molecule has 140 valence electrons. The lowest BCUT2D eigenvalue weighted by Gasteiger charge is -2.09. The average molecular weight is 385 g/mol. The van der Waals surface area contributed by atoms with E-state index in [4.69, 9.17) is 4.74 Å². The van der Waals surface area contributed by atoms with Crippen LogP contribution in [0.3, 0.4) is 0 Å². The maximum atomic E-state index is 13.2. The van der Waals surface area contributed by atoms with Crippen molar-refractivity contribution in [3.8, 4) is 0 Å². The molecular formula is C16H17F2N3O4S. The SMILES string of the molecule is Cn1cc(S(=O)(=O)NC2CCOC2)cc1C(=O)Nc1ccc(F)c(F)c1. The molecule has 1 saturated heterocycles. The number of nitrogens with zero attached hydrogens (tertiary/aromatic N) is 1. The molecule has 1 aromatic carbocycles. The molecule has 1 aliphatic rings. The van der Waals surface area contributed by atoms with Crippen molar-refractivity contribution in [2.24, 2.45) is 7.05 Å². The Balaban J connectivity index is 1.78. The standard InChI is InChI=1S/C16H17F2N3O4S/c1-21-8-12(26(23,24)20-11-4-5-25-9-11)7-15(21)16(22)19-10-2-3-13(17)14(18)6-10/h2-3,6-8,11,20H,4-5,9H2,1H3,(H,19,22). The topological polar surface area (TPSA) is 89.4 Å². The fourth-order valence-electron chi connectivity index (χ4n) is 2.59. The van der Waals surface area contributed by atoms with E-state index < -0.39 is 27.6 Å². The Labute approximate surface area is 149 Å². The number of benzene rings is 1. The van der Waals surface area contributed by atoms with Gasteiger partial charge in [0.05, 0.1) is 6.61 Å². The molecular weight excluding hydrogens is 368 g/mol.